The van der Waals surface area contributed by atoms with Crippen molar-refractivity contribution in [2.24, 2.45) is 0 Å². The van der Waals surface area contributed by atoms with Gasteiger partial charge in [-0.25, -0.2) is 0 Å². The molecule has 0 heteroatoms. The largest absolute Gasteiger partial charge is 0.0654 e. The van der Waals surface area contributed by atoms with Crippen LogP contribution in [0, 0.1) is 6.92 Å². The van der Waals surface area contributed by atoms with Crippen LogP contribution in [0.15, 0.2) is 72.8 Å². The minimum absolute atomic E-state index is 1.03. The molecule has 3 rings (SSSR count). The van der Waals surface area contributed by atoms with Crippen molar-refractivity contribution in [1.29, 1.82) is 0 Å². The molecule has 0 amide bonds. The zero-order valence-corrected chi connectivity index (χ0v) is 16.2. The SMILES string of the molecule is CCCCCc1cc(Cc2ccccc2C)ccc1Cc1ccccc1. The van der Waals surface area contributed by atoms with E-state index in [1.54, 1.807) is 0 Å². The molecule has 0 aliphatic heterocycles. The highest BCUT2D eigenvalue weighted by molar-refractivity contribution is 5.39. The van der Waals surface area contributed by atoms with Crippen molar-refractivity contribution >= 4 is 0 Å². The van der Waals surface area contributed by atoms with Gasteiger partial charge in [-0.3, -0.25) is 0 Å². The van der Waals surface area contributed by atoms with Gasteiger partial charge in [0.05, 0.1) is 0 Å². The molecule has 3 aromatic rings. The minimum atomic E-state index is 1.03. The Morgan fingerprint density at radius 3 is 2.12 bits per heavy atom. The molecule has 0 heterocycles. The fourth-order valence-electron chi connectivity index (χ4n) is 3.60. The highest BCUT2D eigenvalue weighted by Crippen LogP contribution is 2.21. The van der Waals surface area contributed by atoms with Crippen LogP contribution in [0.1, 0.15) is 59.6 Å². The standard InChI is InChI=1S/C26H30/c1-3-4-6-15-25-20-23(19-24-14-10-9-11-21(24)2)16-17-26(25)18-22-12-7-5-8-13-22/h5,7-14,16-17,20H,3-4,6,15,18-19H2,1-2H3. The van der Waals surface area contributed by atoms with Crippen molar-refractivity contribution in [3.63, 3.8) is 0 Å². The van der Waals surface area contributed by atoms with E-state index in [0.29, 0.717) is 0 Å². The smallest absolute Gasteiger partial charge is 0.00230 e. The average molecular weight is 343 g/mol. The highest BCUT2D eigenvalue weighted by Gasteiger charge is 2.07. The fourth-order valence-corrected chi connectivity index (χ4v) is 3.60. The Hall–Kier alpha value is -2.34. The average Bonchev–Trinajstić information content (AvgIpc) is 2.66. The van der Waals surface area contributed by atoms with Crippen molar-refractivity contribution in [1.82, 2.24) is 0 Å². The maximum absolute atomic E-state index is 2.46. The first-order valence-corrected chi connectivity index (χ1v) is 9.95. The van der Waals surface area contributed by atoms with E-state index < -0.39 is 0 Å². The molecule has 0 N–H and O–H groups in total. The maximum Gasteiger partial charge on any atom is -0.00230 e. The lowest BCUT2D eigenvalue weighted by atomic mass is 9.92. The summed E-state index contributed by atoms with van der Waals surface area (Å²) in [6.07, 6.45) is 7.12. The van der Waals surface area contributed by atoms with Crippen molar-refractivity contribution < 1.29 is 0 Å². The predicted octanol–water partition coefficient (Wildman–Crippen LogP) is 6.91. The predicted molar refractivity (Wildman–Crippen MR) is 113 cm³/mol. The molecule has 0 spiro atoms. The molecule has 0 fully saturated rings. The third kappa shape index (κ3) is 5.08. The number of benzene rings is 3. The summed E-state index contributed by atoms with van der Waals surface area (Å²) in [7, 11) is 0. The number of hydrogen-bond donors (Lipinski definition) is 0. The highest BCUT2D eigenvalue weighted by atomic mass is 14.1. The van der Waals surface area contributed by atoms with E-state index in [9.17, 15) is 0 Å². The van der Waals surface area contributed by atoms with Gasteiger partial charge in [-0.15, -0.1) is 0 Å². The molecule has 0 aliphatic carbocycles. The van der Waals surface area contributed by atoms with E-state index >= 15 is 0 Å². The molecule has 0 unspecified atom stereocenters. The van der Waals surface area contributed by atoms with Gasteiger partial charge in [-0.05, 0) is 66.0 Å². The summed E-state index contributed by atoms with van der Waals surface area (Å²) < 4.78 is 0. The second-order valence-electron chi connectivity index (χ2n) is 7.33. The van der Waals surface area contributed by atoms with E-state index in [-0.39, 0.29) is 0 Å². The molecule has 0 saturated heterocycles. The third-order valence-electron chi connectivity index (χ3n) is 5.21. The second-order valence-corrected chi connectivity index (χ2v) is 7.33. The molecule has 0 radical (unpaired) electrons. The van der Waals surface area contributed by atoms with Crippen molar-refractivity contribution in [3.8, 4) is 0 Å². The molecule has 26 heavy (non-hydrogen) atoms. The van der Waals surface area contributed by atoms with E-state index in [1.165, 1.54) is 59.1 Å². The van der Waals surface area contributed by atoms with Crippen molar-refractivity contribution in [2.45, 2.75) is 52.4 Å². The number of aryl methyl sites for hydroxylation is 2. The molecule has 0 saturated carbocycles. The molecule has 3 aromatic carbocycles. The van der Waals surface area contributed by atoms with E-state index in [0.717, 1.165) is 12.8 Å². The fraction of sp³-hybridized carbons (Fsp3) is 0.308. The lowest BCUT2D eigenvalue weighted by Gasteiger charge is -2.13. The monoisotopic (exact) mass is 342 g/mol. The first-order chi connectivity index (χ1) is 12.8. The molecule has 0 nitrogen and oxygen atoms in total. The van der Waals surface area contributed by atoms with Crippen molar-refractivity contribution in [3.05, 3.63) is 106 Å². The summed E-state index contributed by atoms with van der Waals surface area (Å²) in [6, 6.07) is 26.7. The first kappa shape index (κ1) is 18.5. The number of unbranched alkanes of at least 4 members (excludes halogenated alkanes) is 2. The zero-order valence-electron chi connectivity index (χ0n) is 16.2. The summed E-state index contributed by atoms with van der Waals surface area (Å²) >= 11 is 0. The van der Waals surface area contributed by atoms with Gasteiger partial charge in [0.2, 0.25) is 0 Å². The lowest BCUT2D eigenvalue weighted by molar-refractivity contribution is 0.713. The van der Waals surface area contributed by atoms with E-state index in [4.69, 9.17) is 0 Å². The normalized spacial score (nSPS) is 10.8. The Labute approximate surface area is 158 Å². The second kappa shape index (κ2) is 9.38. The lowest BCUT2D eigenvalue weighted by Crippen LogP contribution is -2.00. The van der Waals surface area contributed by atoms with Crippen LogP contribution in [0.2, 0.25) is 0 Å². The molecule has 0 aromatic heterocycles. The number of rotatable bonds is 8. The molecule has 0 aliphatic rings. The quantitative estimate of drug-likeness (QED) is 0.390. The van der Waals surface area contributed by atoms with Crippen LogP contribution in [-0.4, -0.2) is 0 Å². The maximum atomic E-state index is 2.46. The van der Waals surface area contributed by atoms with Crippen LogP contribution >= 0.6 is 0 Å². The van der Waals surface area contributed by atoms with Crippen LogP contribution in [0.5, 0.6) is 0 Å². The molecule has 0 bridgehead atoms. The van der Waals surface area contributed by atoms with Crippen LogP contribution in [0.4, 0.5) is 0 Å². The van der Waals surface area contributed by atoms with Crippen LogP contribution in [0.3, 0.4) is 0 Å². The summed E-state index contributed by atoms with van der Waals surface area (Å²) in [5.74, 6) is 0. The Bertz CT molecular complexity index is 814. The van der Waals surface area contributed by atoms with Gasteiger partial charge in [0.15, 0.2) is 0 Å². The van der Waals surface area contributed by atoms with E-state index in [2.05, 4.69) is 86.6 Å². The molecule has 134 valence electrons. The van der Waals surface area contributed by atoms with Crippen LogP contribution in [0.25, 0.3) is 0 Å². The summed E-state index contributed by atoms with van der Waals surface area (Å²) in [5, 5.41) is 0. The zero-order chi connectivity index (χ0) is 18.2. The Balaban J connectivity index is 1.83. The van der Waals surface area contributed by atoms with Crippen molar-refractivity contribution in [2.75, 3.05) is 0 Å². The van der Waals surface area contributed by atoms with Gasteiger partial charge < -0.3 is 0 Å². The van der Waals surface area contributed by atoms with Gasteiger partial charge in [-0.1, -0.05) is 92.6 Å². The Morgan fingerprint density at radius 1 is 0.615 bits per heavy atom. The van der Waals surface area contributed by atoms with Crippen LogP contribution < -0.4 is 0 Å². The van der Waals surface area contributed by atoms with Gasteiger partial charge in [0, 0.05) is 0 Å². The Kier molecular flexibility index (Phi) is 6.66. The summed E-state index contributed by atoms with van der Waals surface area (Å²) in [5.41, 5.74) is 8.67. The first-order valence-electron chi connectivity index (χ1n) is 9.95. The molecular formula is C26H30. The topological polar surface area (TPSA) is 0 Å². The third-order valence-corrected chi connectivity index (χ3v) is 5.21. The van der Waals surface area contributed by atoms with Gasteiger partial charge in [-0.2, -0.15) is 0 Å². The van der Waals surface area contributed by atoms with Gasteiger partial charge in [0.25, 0.3) is 0 Å². The van der Waals surface area contributed by atoms with Crippen LogP contribution in [-0.2, 0) is 19.3 Å². The Morgan fingerprint density at radius 2 is 1.35 bits per heavy atom. The summed E-state index contributed by atoms with van der Waals surface area (Å²) in [6.45, 7) is 4.49. The number of hydrogen-bond acceptors (Lipinski definition) is 0. The molecular weight excluding hydrogens is 312 g/mol. The van der Waals surface area contributed by atoms with E-state index in [1.807, 2.05) is 0 Å². The van der Waals surface area contributed by atoms with Gasteiger partial charge >= 0.3 is 0 Å². The summed E-state index contributed by atoms with van der Waals surface area (Å²) in [4.78, 5) is 0. The minimum Gasteiger partial charge on any atom is -0.0654 e. The molecule has 0 atom stereocenters. The van der Waals surface area contributed by atoms with Gasteiger partial charge in [0.1, 0.15) is 0 Å².